The van der Waals surface area contributed by atoms with Gasteiger partial charge in [-0.25, -0.2) is 9.59 Å². The topological polar surface area (TPSA) is 73.5 Å². The van der Waals surface area contributed by atoms with Crippen LogP contribution in [0.4, 0.5) is 39.8 Å². The van der Waals surface area contributed by atoms with Crippen LogP contribution < -0.4 is 20.9 Å². The highest BCUT2D eigenvalue weighted by Crippen LogP contribution is 2.32. The molecule has 4 amide bonds. The quantitative estimate of drug-likeness (QED) is 0.260. The number of anilines is 3. The lowest BCUT2D eigenvalue weighted by atomic mass is 10.1. The molecule has 35 heavy (non-hydrogen) atoms. The molecule has 6 nitrogen and oxygen atoms in total. The van der Waals surface area contributed by atoms with Crippen molar-refractivity contribution >= 4 is 56.7 Å². The molecule has 3 aromatic rings. The Bertz CT molecular complexity index is 1180. The van der Waals surface area contributed by atoms with Crippen molar-refractivity contribution in [3.05, 3.63) is 87.9 Å². The first-order valence-electron chi connectivity index (χ1n) is 10.4. The molecule has 0 aliphatic carbocycles. The zero-order valence-electron chi connectivity index (χ0n) is 18.2. The number of nitrogens with one attached hydrogen (secondary N) is 3. The van der Waals surface area contributed by atoms with Gasteiger partial charge in [0, 0.05) is 34.0 Å². The second-order valence-corrected chi connectivity index (χ2v) is 8.64. The lowest BCUT2D eigenvalue weighted by molar-refractivity contribution is -0.137. The molecule has 3 N–H and O–H groups in total. The summed E-state index contributed by atoms with van der Waals surface area (Å²) in [5.74, 6) is 0. The number of hydrogen-bond donors (Lipinski definition) is 3. The molecule has 0 aliphatic rings. The fraction of sp³-hybridized carbons (Fsp3) is 0.167. The number of carbonyl (C=O) groups is 2. The summed E-state index contributed by atoms with van der Waals surface area (Å²) < 4.78 is 40.4. The normalized spacial score (nSPS) is 11.0. The average Bonchev–Trinajstić information content (AvgIpc) is 2.81. The van der Waals surface area contributed by atoms with Gasteiger partial charge in [0.25, 0.3) is 0 Å². The van der Waals surface area contributed by atoms with E-state index < -0.39 is 23.8 Å². The Hall–Kier alpha value is -3.24. The molecule has 0 spiro atoms. The number of hydrogen-bond acceptors (Lipinski definition) is 2. The van der Waals surface area contributed by atoms with Gasteiger partial charge in [0.05, 0.1) is 11.3 Å². The van der Waals surface area contributed by atoms with Gasteiger partial charge < -0.3 is 16.0 Å². The fourth-order valence-electron chi connectivity index (χ4n) is 3.09. The number of nitrogens with zero attached hydrogens (tertiary/aromatic N) is 1. The summed E-state index contributed by atoms with van der Waals surface area (Å²) in [6.07, 6.45) is -4.27. The predicted molar refractivity (Wildman–Crippen MR) is 135 cm³/mol. The smallest absolute Gasteiger partial charge is 0.338 e. The van der Waals surface area contributed by atoms with Crippen LogP contribution in [0, 0.1) is 0 Å². The fourth-order valence-corrected chi connectivity index (χ4v) is 3.60. The molecule has 0 unspecified atom stereocenters. The Morgan fingerprint density at radius 3 is 2.34 bits per heavy atom. The Labute approximate surface area is 213 Å². The summed E-state index contributed by atoms with van der Waals surface area (Å²) in [6, 6.07) is 16.8. The van der Waals surface area contributed by atoms with Crippen molar-refractivity contribution in [1.29, 1.82) is 0 Å². The second kappa shape index (κ2) is 11.9. The van der Waals surface area contributed by atoms with E-state index in [4.69, 9.17) is 11.6 Å². The molecule has 0 saturated carbocycles. The standard InChI is InChI=1S/C24H21BrClF3N4O2/c25-20-7-1-2-8-21(20)32-22(34)30-13-4-14-33(19-6-3-5-16(15-19)24(27,28)29)23(35)31-18-11-9-17(26)10-12-18/h1-3,5-12,15H,4,13-14H2,(H,31,35)(H2,30,32,34). The highest BCUT2D eigenvalue weighted by Gasteiger charge is 2.31. The maximum Gasteiger partial charge on any atom is 0.416 e. The summed E-state index contributed by atoms with van der Waals surface area (Å²) in [5, 5.41) is 8.49. The third kappa shape index (κ3) is 7.90. The monoisotopic (exact) mass is 568 g/mol. The van der Waals surface area contributed by atoms with Crippen LogP contribution in [0.25, 0.3) is 0 Å². The van der Waals surface area contributed by atoms with Crippen LogP contribution in [0.5, 0.6) is 0 Å². The summed E-state index contributed by atoms with van der Waals surface area (Å²) in [6.45, 7) is 0.232. The minimum absolute atomic E-state index is 0.0516. The van der Waals surface area contributed by atoms with E-state index in [0.717, 1.165) is 12.1 Å². The molecule has 184 valence electrons. The molecule has 0 fully saturated rings. The molecular weight excluding hydrogens is 549 g/mol. The number of carbonyl (C=O) groups excluding carboxylic acids is 2. The van der Waals surface area contributed by atoms with Crippen molar-refractivity contribution in [1.82, 2.24) is 5.32 Å². The van der Waals surface area contributed by atoms with Crippen LogP contribution in [0.1, 0.15) is 12.0 Å². The molecular formula is C24H21BrClF3N4O2. The van der Waals surface area contributed by atoms with Gasteiger partial charge in [-0.1, -0.05) is 29.8 Å². The Morgan fingerprint density at radius 1 is 0.943 bits per heavy atom. The van der Waals surface area contributed by atoms with Gasteiger partial charge >= 0.3 is 18.2 Å². The number of benzene rings is 3. The number of para-hydroxylation sites is 1. The number of urea groups is 2. The van der Waals surface area contributed by atoms with E-state index in [1.165, 1.54) is 17.0 Å². The van der Waals surface area contributed by atoms with E-state index in [2.05, 4.69) is 31.9 Å². The maximum atomic E-state index is 13.2. The Balaban J connectivity index is 1.67. The van der Waals surface area contributed by atoms with Crippen molar-refractivity contribution in [3.8, 4) is 0 Å². The van der Waals surface area contributed by atoms with Crippen molar-refractivity contribution < 1.29 is 22.8 Å². The number of alkyl halides is 3. The van der Waals surface area contributed by atoms with Gasteiger partial charge in [0.2, 0.25) is 0 Å². The van der Waals surface area contributed by atoms with E-state index in [1.54, 1.807) is 42.5 Å². The van der Waals surface area contributed by atoms with Gasteiger partial charge in [0.15, 0.2) is 0 Å². The highest BCUT2D eigenvalue weighted by molar-refractivity contribution is 9.10. The van der Waals surface area contributed by atoms with Gasteiger partial charge in [-0.15, -0.1) is 0 Å². The van der Waals surface area contributed by atoms with Gasteiger partial charge in [-0.2, -0.15) is 13.2 Å². The average molecular weight is 570 g/mol. The van der Waals surface area contributed by atoms with E-state index in [-0.39, 0.29) is 25.2 Å². The number of amides is 4. The molecule has 0 bridgehead atoms. The lowest BCUT2D eigenvalue weighted by Gasteiger charge is -2.24. The van der Waals surface area contributed by atoms with E-state index >= 15 is 0 Å². The van der Waals surface area contributed by atoms with Crippen LogP contribution in [-0.2, 0) is 6.18 Å². The van der Waals surface area contributed by atoms with Gasteiger partial charge in [0.1, 0.15) is 0 Å². The third-order valence-electron chi connectivity index (χ3n) is 4.79. The molecule has 3 aromatic carbocycles. The highest BCUT2D eigenvalue weighted by atomic mass is 79.9. The Kier molecular flexibility index (Phi) is 9.00. The minimum atomic E-state index is -4.56. The van der Waals surface area contributed by atoms with Gasteiger partial charge in [-0.05, 0) is 76.9 Å². The molecule has 0 aliphatic heterocycles. The van der Waals surface area contributed by atoms with Crippen molar-refractivity contribution in [2.45, 2.75) is 12.6 Å². The van der Waals surface area contributed by atoms with Crippen molar-refractivity contribution in [2.24, 2.45) is 0 Å². The summed E-state index contributed by atoms with van der Waals surface area (Å²) in [5.41, 5.74) is 0.217. The largest absolute Gasteiger partial charge is 0.416 e. The summed E-state index contributed by atoms with van der Waals surface area (Å²) >= 11 is 9.20. The first-order valence-corrected chi connectivity index (χ1v) is 11.6. The zero-order valence-corrected chi connectivity index (χ0v) is 20.5. The molecule has 0 aromatic heterocycles. The van der Waals surface area contributed by atoms with Crippen molar-refractivity contribution in [2.75, 3.05) is 28.6 Å². The molecule has 3 rings (SSSR count). The number of halogens is 5. The summed E-state index contributed by atoms with van der Waals surface area (Å²) in [4.78, 5) is 26.3. The molecule has 0 atom stereocenters. The lowest BCUT2D eigenvalue weighted by Crippen LogP contribution is -2.38. The first kappa shape index (κ1) is 26.4. The third-order valence-corrected chi connectivity index (χ3v) is 5.74. The first-order chi connectivity index (χ1) is 16.6. The molecule has 11 heteroatoms. The SMILES string of the molecule is O=C(NCCCN(C(=O)Nc1ccc(Cl)cc1)c1cccc(C(F)(F)F)c1)Nc1ccccc1Br. The van der Waals surface area contributed by atoms with Gasteiger partial charge in [-0.3, -0.25) is 4.90 Å². The summed E-state index contributed by atoms with van der Waals surface area (Å²) in [7, 11) is 0. The van der Waals surface area contributed by atoms with Crippen LogP contribution in [0.15, 0.2) is 77.3 Å². The van der Waals surface area contributed by atoms with E-state index in [0.29, 0.717) is 20.9 Å². The van der Waals surface area contributed by atoms with E-state index in [1.807, 2.05) is 6.07 Å². The molecule has 0 heterocycles. The number of rotatable bonds is 7. The minimum Gasteiger partial charge on any atom is -0.338 e. The molecule has 0 radical (unpaired) electrons. The Morgan fingerprint density at radius 2 is 1.66 bits per heavy atom. The maximum absolute atomic E-state index is 13.2. The van der Waals surface area contributed by atoms with Crippen molar-refractivity contribution in [3.63, 3.8) is 0 Å². The molecule has 0 saturated heterocycles. The van der Waals surface area contributed by atoms with E-state index in [9.17, 15) is 22.8 Å². The zero-order chi connectivity index (χ0) is 25.4. The van der Waals surface area contributed by atoms with Crippen LogP contribution in [0.2, 0.25) is 5.02 Å². The van der Waals surface area contributed by atoms with Crippen LogP contribution in [-0.4, -0.2) is 25.2 Å². The second-order valence-electron chi connectivity index (χ2n) is 7.35. The van der Waals surface area contributed by atoms with Crippen LogP contribution in [0.3, 0.4) is 0 Å². The predicted octanol–water partition coefficient (Wildman–Crippen LogP) is 7.37. The van der Waals surface area contributed by atoms with Crippen LogP contribution >= 0.6 is 27.5 Å².